The van der Waals surface area contributed by atoms with Crippen molar-refractivity contribution in [1.82, 2.24) is 4.90 Å². The van der Waals surface area contributed by atoms with Crippen LogP contribution in [0.4, 0.5) is 4.79 Å². The predicted molar refractivity (Wildman–Crippen MR) is 110 cm³/mol. The van der Waals surface area contributed by atoms with E-state index in [1.807, 2.05) is 43.3 Å². The van der Waals surface area contributed by atoms with Gasteiger partial charge in [0.05, 0.1) is 12.6 Å². The average Bonchev–Trinajstić information content (AvgIpc) is 3.07. The molecule has 0 saturated carbocycles. The molecule has 0 bridgehead atoms. The number of carbonyl (C=O) groups is 1. The number of unbranched alkanes of at least 4 members (excludes halogenated alkanes) is 2. The lowest BCUT2D eigenvalue weighted by molar-refractivity contribution is -0.0537. The summed E-state index contributed by atoms with van der Waals surface area (Å²) in [4.78, 5) is 14.0. The molecule has 1 aliphatic heterocycles. The van der Waals surface area contributed by atoms with E-state index in [2.05, 4.69) is 26.8 Å². The van der Waals surface area contributed by atoms with Crippen molar-refractivity contribution >= 4 is 6.09 Å². The summed E-state index contributed by atoms with van der Waals surface area (Å²) >= 11 is 0. The van der Waals surface area contributed by atoms with E-state index in [1.165, 1.54) is 0 Å². The van der Waals surface area contributed by atoms with Crippen molar-refractivity contribution in [2.75, 3.05) is 13.4 Å². The zero-order valence-corrected chi connectivity index (χ0v) is 17.5. The number of allylic oxidation sites excluding steroid dienone is 3. The van der Waals surface area contributed by atoms with Crippen molar-refractivity contribution in [3.8, 4) is 0 Å². The summed E-state index contributed by atoms with van der Waals surface area (Å²) in [5.41, 5.74) is 1.97. The van der Waals surface area contributed by atoms with E-state index in [4.69, 9.17) is 14.2 Å². The summed E-state index contributed by atoms with van der Waals surface area (Å²) in [7, 11) is 0. The summed E-state index contributed by atoms with van der Waals surface area (Å²) < 4.78 is 16.9. The maximum atomic E-state index is 12.4. The maximum Gasteiger partial charge on any atom is 0.417 e. The first-order chi connectivity index (χ1) is 13.5. The molecule has 154 valence electrons. The van der Waals surface area contributed by atoms with E-state index in [0.29, 0.717) is 19.1 Å². The molecule has 1 aromatic rings. The van der Waals surface area contributed by atoms with Crippen LogP contribution in [0.5, 0.6) is 0 Å². The average molecular weight is 388 g/mol. The topological polar surface area (TPSA) is 48.0 Å². The second kappa shape index (κ2) is 11.5. The smallest absolute Gasteiger partial charge is 0.417 e. The number of amides is 1. The molecule has 5 nitrogen and oxygen atoms in total. The number of rotatable bonds is 11. The molecule has 1 fully saturated rings. The normalized spacial score (nSPS) is 18.0. The van der Waals surface area contributed by atoms with Crippen molar-refractivity contribution in [1.29, 1.82) is 0 Å². The Hall–Kier alpha value is -2.27. The predicted octanol–water partition coefficient (Wildman–Crippen LogP) is 5.63. The van der Waals surface area contributed by atoms with Crippen molar-refractivity contribution in [2.24, 2.45) is 5.92 Å². The van der Waals surface area contributed by atoms with Crippen molar-refractivity contribution in [2.45, 2.75) is 59.6 Å². The summed E-state index contributed by atoms with van der Waals surface area (Å²) in [6, 6.07) is 9.89. The van der Waals surface area contributed by atoms with Crippen LogP contribution in [0.25, 0.3) is 0 Å². The molecule has 0 spiro atoms. The lowest BCUT2D eigenvalue weighted by Crippen LogP contribution is -2.38. The highest BCUT2D eigenvalue weighted by Crippen LogP contribution is 2.27. The SMILES string of the molecule is CCCC/C=C\C(C)=C(\OCOCc1ccccc1)N1C(=O)OC[C@@H]1C(C)C. The van der Waals surface area contributed by atoms with Crippen LogP contribution < -0.4 is 0 Å². The third kappa shape index (κ3) is 6.41. The van der Waals surface area contributed by atoms with Crippen LogP contribution >= 0.6 is 0 Å². The molecule has 1 atom stereocenters. The number of hydrogen-bond donors (Lipinski definition) is 0. The summed E-state index contributed by atoms with van der Waals surface area (Å²) in [6.45, 7) is 9.18. The molecule has 28 heavy (non-hydrogen) atoms. The first-order valence-electron chi connectivity index (χ1n) is 10.1. The minimum Gasteiger partial charge on any atom is -0.452 e. The molecular weight excluding hydrogens is 354 g/mol. The number of carbonyl (C=O) groups excluding carboxylic acids is 1. The second-order valence-corrected chi connectivity index (χ2v) is 7.39. The molecule has 1 aliphatic rings. The van der Waals surface area contributed by atoms with Gasteiger partial charge < -0.3 is 14.2 Å². The van der Waals surface area contributed by atoms with Gasteiger partial charge in [-0.1, -0.05) is 76.1 Å². The molecule has 0 radical (unpaired) electrons. The molecule has 1 saturated heterocycles. The molecule has 1 amide bonds. The molecule has 0 aromatic heterocycles. The van der Waals surface area contributed by atoms with Gasteiger partial charge in [0.25, 0.3) is 0 Å². The lowest BCUT2D eigenvalue weighted by atomic mass is 10.0. The fourth-order valence-electron chi connectivity index (χ4n) is 3.02. The fraction of sp³-hybridized carbons (Fsp3) is 0.522. The summed E-state index contributed by atoms with van der Waals surface area (Å²) in [5.74, 6) is 0.772. The van der Waals surface area contributed by atoms with Crippen molar-refractivity contribution in [3.05, 3.63) is 59.5 Å². The van der Waals surface area contributed by atoms with Crippen LogP contribution in [-0.4, -0.2) is 30.4 Å². The van der Waals surface area contributed by atoms with Crippen LogP contribution in [0.1, 0.15) is 52.5 Å². The molecule has 1 heterocycles. The van der Waals surface area contributed by atoms with E-state index >= 15 is 0 Å². The highest BCUT2D eigenvalue weighted by molar-refractivity contribution is 5.72. The van der Waals surface area contributed by atoms with Gasteiger partial charge in [-0.2, -0.15) is 0 Å². The van der Waals surface area contributed by atoms with E-state index in [9.17, 15) is 4.79 Å². The van der Waals surface area contributed by atoms with E-state index < -0.39 is 0 Å². The Kier molecular flexibility index (Phi) is 9.08. The first-order valence-corrected chi connectivity index (χ1v) is 10.1. The Labute approximate surface area is 169 Å². The van der Waals surface area contributed by atoms with E-state index in [1.54, 1.807) is 4.90 Å². The standard InChI is InChI=1S/C23H33NO4/c1-5-6-7-9-12-19(4)22(24-21(18(2)3)16-27-23(24)25)28-17-26-15-20-13-10-8-11-14-20/h8-14,18,21H,5-7,15-17H2,1-4H3/b12-9-,22-19+/t21-/m1/s1. The van der Waals surface area contributed by atoms with Crippen molar-refractivity contribution < 1.29 is 19.0 Å². The van der Waals surface area contributed by atoms with Crippen LogP contribution in [0.2, 0.25) is 0 Å². The lowest BCUT2D eigenvalue weighted by Gasteiger charge is -2.27. The fourth-order valence-corrected chi connectivity index (χ4v) is 3.02. The van der Waals surface area contributed by atoms with E-state index in [-0.39, 0.29) is 24.8 Å². The van der Waals surface area contributed by atoms with Gasteiger partial charge in [0.15, 0.2) is 6.79 Å². The summed E-state index contributed by atoms with van der Waals surface area (Å²) in [5, 5.41) is 0. The van der Waals surface area contributed by atoms with Crippen LogP contribution in [0.15, 0.2) is 53.9 Å². The maximum absolute atomic E-state index is 12.4. The Morgan fingerprint density at radius 3 is 2.75 bits per heavy atom. The zero-order chi connectivity index (χ0) is 20.4. The number of ether oxygens (including phenoxy) is 3. The summed E-state index contributed by atoms with van der Waals surface area (Å²) in [6.07, 6.45) is 7.07. The monoisotopic (exact) mass is 387 g/mol. The third-order valence-electron chi connectivity index (χ3n) is 4.71. The van der Waals surface area contributed by atoms with Gasteiger partial charge >= 0.3 is 6.09 Å². The minimum atomic E-state index is -0.363. The molecule has 0 N–H and O–H groups in total. The third-order valence-corrected chi connectivity index (χ3v) is 4.71. The molecule has 0 unspecified atom stereocenters. The number of cyclic esters (lactones) is 1. The largest absolute Gasteiger partial charge is 0.452 e. The Morgan fingerprint density at radius 1 is 1.32 bits per heavy atom. The minimum absolute atomic E-state index is 0.0457. The second-order valence-electron chi connectivity index (χ2n) is 7.39. The quantitative estimate of drug-likeness (QED) is 0.214. The number of hydrogen-bond acceptors (Lipinski definition) is 4. The molecule has 1 aromatic carbocycles. The first kappa shape index (κ1) is 22.0. The van der Waals surface area contributed by atoms with Crippen LogP contribution in [-0.2, 0) is 20.8 Å². The molecule has 0 aliphatic carbocycles. The van der Waals surface area contributed by atoms with Gasteiger partial charge in [-0.05, 0) is 24.8 Å². The highest BCUT2D eigenvalue weighted by Gasteiger charge is 2.39. The van der Waals surface area contributed by atoms with Gasteiger partial charge in [-0.15, -0.1) is 0 Å². The van der Waals surface area contributed by atoms with Crippen LogP contribution in [0.3, 0.4) is 0 Å². The van der Waals surface area contributed by atoms with Gasteiger partial charge in [-0.3, -0.25) is 0 Å². The van der Waals surface area contributed by atoms with Gasteiger partial charge in [0, 0.05) is 5.57 Å². The van der Waals surface area contributed by atoms with Crippen LogP contribution in [0, 0.1) is 5.92 Å². The zero-order valence-electron chi connectivity index (χ0n) is 17.5. The number of nitrogens with zero attached hydrogens (tertiary/aromatic N) is 1. The van der Waals surface area contributed by atoms with Gasteiger partial charge in [-0.25, -0.2) is 9.69 Å². The Morgan fingerprint density at radius 2 is 2.07 bits per heavy atom. The highest BCUT2D eigenvalue weighted by atomic mass is 16.7. The molecule has 5 heteroatoms. The van der Waals surface area contributed by atoms with E-state index in [0.717, 1.165) is 30.4 Å². The van der Waals surface area contributed by atoms with Gasteiger partial charge in [0.1, 0.15) is 6.61 Å². The molecular formula is C23H33NO4. The van der Waals surface area contributed by atoms with Gasteiger partial charge in [0.2, 0.25) is 5.88 Å². The Bertz CT molecular complexity index is 666. The van der Waals surface area contributed by atoms with Crippen molar-refractivity contribution in [3.63, 3.8) is 0 Å². The Balaban J connectivity index is 2.09. The molecule has 2 rings (SSSR count). The number of benzene rings is 1.